The van der Waals surface area contributed by atoms with Gasteiger partial charge in [-0.2, -0.15) is 5.10 Å². The molecule has 0 bridgehead atoms. The van der Waals surface area contributed by atoms with Gasteiger partial charge in [-0.1, -0.05) is 79.7 Å². The van der Waals surface area contributed by atoms with E-state index in [4.69, 9.17) is 4.74 Å². The summed E-state index contributed by atoms with van der Waals surface area (Å²) >= 11 is 0. The van der Waals surface area contributed by atoms with E-state index in [0.29, 0.717) is 17.7 Å². The van der Waals surface area contributed by atoms with Crippen molar-refractivity contribution in [3.8, 4) is 11.1 Å². The number of fused-ring (bicyclic) bond motifs is 1. The molecule has 1 heterocycles. The van der Waals surface area contributed by atoms with Crippen LogP contribution in [-0.2, 0) is 11.3 Å². The molecule has 0 saturated heterocycles. The maximum Gasteiger partial charge on any atom is 0.339 e. The fourth-order valence-electron chi connectivity index (χ4n) is 4.91. The van der Waals surface area contributed by atoms with Crippen LogP contribution in [0.2, 0.25) is 0 Å². The maximum absolute atomic E-state index is 13.0. The first-order valence-corrected chi connectivity index (χ1v) is 13.9. The molecule has 1 atom stereocenters. The fourth-order valence-corrected chi connectivity index (χ4v) is 4.91. The molecule has 1 aromatic heterocycles. The van der Waals surface area contributed by atoms with E-state index in [-0.39, 0.29) is 17.9 Å². The molecule has 0 spiro atoms. The number of amides is 1. The predicted molar refractivity (Wildman–Crippen MR) is 163 cm³/mol. The molecule has 5 rings (SSSR count). The van der Waals surface area contributed by atoms with Crippen LogP contribution in [0.4, 0.5) is 0 Å². The van der Waals surface area contributed by atoms with E-state index < -0.39 is 5.60 Å². The molecule has 4 aromatic carbocycles. The van der Waals surface area contributed by atoms with Crippen molar-refractivity contribution in [3.63, 3.8) is 0 Å². The number of hydrogen-bond acceptors (Lipinski definition) is 4. The number of nitrogens with one attached hydrogen (secondary N) is 1. The number of aromatic nitrogens is 2. The second-order valence-electron chi connectivity index (χ2n) is 11.2. The second-order valence-corrected chi connectivity index (χ2v) is 11.2. The summed E-state index contributed by atoms with van der Waals surface area (Å²) in [6.07, 6.45) is 2.60. The van der Waals surface area contributed by atoms with Gasteiger partial charge in [0, 0.05) is 10.9 Å². The fraction of sp³-hybridized carbons (Fsp3) is 0.229. The SMILES string of the molecule is CCC(NC(=O)c1ccc2c(cnn2Cc2ccc(-c3ccccc3C(=O)OC(C)(C)C)cc2)c1)c1ccccc1. The highest BCUT2D eigenvalue weighted by molar-refractivity contribution is 5.98. The summed E-state index contributed by atoms with van der Waals surface area (Å²) in [6, 6.07) is 31.3. The van der Waals surface area contributed by atoms with Gasteiger partial charge in [0.2, 0.25) is 0 Å². The van der Waals surface area contributed by atoms with Gasteiger partial charge in [0.05, 0.1) is 29.9 Å². The summed E-state index contributed by atoms with van der Waals surface area (Å²) in [6.45, 7) is 8.24. The lowest BCUT2D eigenvalue weighted by molar-refractivity contribution is 0.00703. The highest BCUT2D eigenvalue weighted by Crippen LogP contribution is 2.27. The summed E-state index contributed by atoms with van der Waals surface area (Å²) < 4.78 is 7.54. The summed E-state index contributed by atoms with van der Waals surface area (Å²) in [4.78, 5) is 25.8. The highest BCUT2D eigenvalue weighted by atomic mass is 16.6. The van der Waals surface area contributed by atoms with E-state index in [2.05, 4.69) is 17.3 Å². The zero-order valence-corrected chi connectivity index (χ0v) is 23.9. The van der Waals surface area contributed by atoms with Gasteiger partial charge in [-0.3, -0.25) is 9.48 Å². The number of ether oxygens (including phenoxy) is 1. The van der Waals surface area contributed by atoms with Gasteiger partial charge in [0.15, 0.2) is 0 Å². The first kappa shape index (κ1) is 27.8. The smallest absolute Gasteiger partial charge is 0.339 e. The Balaban J connectivity index is 1.31. The van der Waals surface area contributed by atoms with Crippen molar-refractivity contribution in [2.75, 3.05) is 0 Å². The predicted octanol–water partition coefficient (Wildman–Crippen LogP) is 7.59. The van der Waals surface area contributed by atoms with Crippen molar-refractivity contribution in [1.82, 2.24) is 15.1 Å². The minimum absolute atomic E-state index is 0.0406. The van der Waals surface area contributed by atoms with Crippen LogP contribution in [0.25, 0.3) is 22.0 Å². The number of rotatable bonds is 8. The van der Waals surface area contributed by atoms with Crippen molar-refractivity contribution in [2.45, 2.75) is 52.3 Å². The van der Waals surface area contributed by atoms with E-state index >= 15 is 0 Å². The number of benzene rings is 4. The minimum atomic E-state index is -0.564. The van der Waals surface area contributed by atoms with Crippen LogP contribution in [0.15, 0.2) is 103 Å². The molecular weight excluding hydrogens is 510 g/mol. The lowest BCUT2D eigenvalue weighted by Gasteiger charge is -2.20. The van der Waals surface area contributed by atoms with Crippen molar-refractivity contribution < 1.29 is 14.3 Å². The summed E-state index contributed by atoms with van der Waals surface area (Å²) in [5, 5.41) is 8.66. The second kappa shape index (κ2) is 11.8. The minimum Gasteiger partial charge on any atom is -0.456 e. The zero-order valence-electron chi connectivity index (χ0n) is 23.9. The normalized spacial score (nSPS) is 12.2. The Morgan fingerprint density at radius 2 is 1.61 bits per heavy atom. The maximum atomic E-state index is 13.0. The van der Waals surface area contributed by atoms with E-state index in [1.165, 1.54) is 0 Å². The van der Waals surface area contributed by atoms with Gasteiger partial charge in [-0.05, 0) is 73.7 Å². The Hall–Kier alpha value is -4.71. The van der Waals surface area contributed by atoms with E-state index in [1.807, 2.05) is 116 Å². The van der Waals surface area contributed by atoms with Crippen molar-refractivity contribution >= 4 is 22.8 Å². The standard InChI is InChI=1S/C35H35N3O3/c1-5-31(26-11-7-6-8-12-26)37-33(39)27-19-20-32-28(21-27)22-36-38(32)23-24-15-17-25(18-16-24)29-13-9-10-14-30(29)34(40)41-35(2,3)4/h6-22,31H,5,23H2,1-4H3,(H,37,39). The van der Waals surface area contributed by atoms with Crippen molar-refractivity contribution in [3.05, 3.63) is 126 Å². The highest BCUT2D eigenvalue weighted by Gasteiger charge is 2.21. The molecule has 0 aliphatic carbocycles. The zero-order chi connectivity index (χ0) is 29.0. The van der Waals surface area contributed by atoms with Crippen molar-refractivity contribution in [2.24, 2.45) is 0 Å². The van der Waals surface area contributed by atoms with Crippen LogP contribution in [0.1, 0.15) is 72.0 Å². The van der Waals surface area contributed by atoms with Gasteiger partial charge in [-0.15, -0.1) is 0 Å². The van der Waals surface area contributed by atoms with E-state index in [1.54, 1.807) is 12.3 Å². The quantitative estimate of drug-likeness (QED) is 0.204. The summed E-state index contributed by atoms with van der Waals surface area (Å²) in [7, 11) is 0. The molecule has 0 aliphatic rings. The Labute approximate surface area is 241 Å². The summed E-state index contributed by atoms with van der Waals surface area (Å²) in [5.74, 6) is -0.434. The molecule has 0 aliphatic heterocycles. The van der Waals surface area contributed by atoms with Crippen LogP contribution in [0.5, 0.6) is 0 Å². The Bertz CT molecular complexity index is 1670. The Morgan fingerprint density at radius 1 is 0.902 bits per heavy atom. The van der Waals surface area contributed by atoms with E-state index in [9.17, 15) is 9.59 Å². The molecule has 1 amide bonds. The number of hydrogen-bond donors (Lipinski definition) is 1. The molecule has 5 aromatic rings. The lowest BCUT2D eigenvalue weighted by Crippen LogP contribution is -2.28. The van der Waals surface area contributed by atoms with Gasteiger partial charge in [0.25, 0.3) is 5.91 Å². The number of carbonyl (C=O) groups is 2. The monoisotopic (exact) mass is 545 g/mol. The van der Waals surface area contributed by atoms with Gasteiger partial charge in [0.1, 0.15) is 5.60 Å². The lowest BCUT2D eigenvalue weighted by atomic mass is 9.98. The third kappa shape index (κ3) is 6.55. The average molecular weight is 546 g/mol. The summed E-state index contributed by atoms with van der Waals surface area (Å²) in [5.41, 5.74) is 5.49. The number of nitrogens with zero attached hydrogens (tertiary/aromatic N) is 2. The van der Waals surface area contributed by atoms with Crippen LogP contribution >= 0.6 is 0 Å². The van der Waals surface area contributed by atoms with Crippen LogP contribution in [0, 0.1) is 0 Å². The van der Waals surface area contributed by atoms with E-state index in [0.717, 1.165) is 39.6 Å². The average Bonchev–Trinajstić information content (AvgIpc) is 3.37. The number of carbonyl (C=O) groups excluding carboxylic acids is 2. The molecule has 41 heavy (non-hydrogen) atoms. The molecule has 208 valence electrons. The third-order valence-electron chi connectivity index (χ3n) is 6.96. The molecule has 1 unspecified atom stereocenters. The van der Waals surface area contributed by atoms with Gasteiger partial charge < -0.3 is 10.1 Å². The molecule has 6 heteroatoms. The molecular formula is C35H35N3O3. The molecule has 0 fully saturated rings. The van der Waals surface area contributed by atoms with Crippen LogP contribution in [0.3, 0.4) is 0 Å². The molecule has 0 radical (unpaired) electrons. The first-order valence-electron chi connectivity index (χ1n) is 13.9. The van der Waals surface area contributed by atoms with Gasteiger partial charge in [-0.25, -0.2) is 4.79 Å². The Morgan fingerprint density at radius 3 is 2.32 bits per heavy atom. The first-order chi connectivity index (χ1) is 19.7. The number of esters is 1. The molecule has 6 nitrogen and oxygen atoms in total. The third-order valence-corrected chi connectivity index (χ3v) is 6.96. The van der Waals surface area contributed by atoms with Gasteiger partial charge >= 0.3 is 5.97 Å². The van der Waals surface area contributed by atoms with Crippen LogP contribution < -0.4 is 5.32 Å². The Kier molecular flexibility index (Phi) is 8.02. The largest absolute Gasteiger partial charge is 0.456 e. The molecule has 1 N–H and O–H groups in total. The van der Waals surface area contributed by atoms with Crippen LogP contribution in [-0.4, -0.2) is 27.3 Å². The molecule has 0 saturated carbocycles. The topological polar surface area (TPSA) is 73.2 Å². The van der Waals surface area contributed by atoms with Crippen molar-refractivity contribution in [1.29, 1.82) is 0 Å².